The van der Waals surface area contributed by atoms with E-state index in [0.717, 1.165) is 0 Å². The molecule has 28 heavy (non-hydrogen) atoms. The number of aliphatic hydroxyl groups is 1. The van der Waals surface area contributed by atoms with Crippen LogP contribution in [0.4, 0.5) is 0 Å². The number of ketones is 1. The summed E-state index contributed by atoms with van der Waals surface area (Å²) in [4.78, 5) is 27.1. The third kappa shape index (κ3) is 3.34. The van der Waals surface area contributed by atoms with Gasteiger partial charge in [-0.25, -0.2) is 0 Å². The monoisotopic (exact) mass is 387 g/mol. The molecule has 8 heteroatoms. The van der Waals surface area contributed by atoms with E-state index in [1.807, 2.05) is 0 Å². The molecule has 0 spiro atoms. The highest BCUT2D eigenvalue weighted by Gasteiger charge is 2.45. The Labute approximate surface area is 161 Å². The first-order valence-electron chi connectivity index (χ1n) is 8.56. The fourth-order valence-electron chi connectivity index (χ4n) is 3.22. The number of amides is 1. The Morgan fingerprint density at radius 2 is 2.00 bits per heavy atom. The number of carbonyl (C=O) groups is 2. The summed E-state index contributed by atoms with van der Waals surface area (Å²) in [7, 11) is 4.50. The van der Waals surface area contributed by atoms with Crippen molar-refractivity contribution in [3.05, 3.63) is 59.3 Å². The van der Waals surface area contributed by atoms with Crippen molar-refractivity contribution in [3.8, 4) is 11.5 Å². The van der Waals surface area contributed by atoms with Crippen molar-refractivity contribution in [3.63, 3.8) is 0 Å². The molecule has 1 aliphatic heterocycles. The zero-order valence-corrected chi connectivity index (χ0v) is 15.8. The smallest absolute Gasteiger partial charge is 0.290 e. The Bertz CT molecular complexity index is 901. The van der Waals surface area contributed by atoms with Crippen LogP contribution in [-0.2, 0) is 9.53 Å². The zero-order valence-electron chi connectivity index (χ0n) is 15.8. The molecule has 1 amide bonds. The highest BCUT2D eigenvalue weighted by atomic mass is 16.5. The number of ether oxygens (including phenoxy) is 3. The molecule has 1 atom stereocenters. The van der Waals surface area contributed by atoms with Crippen LogP contribution in [0.2, 0.25) is 0 Å². The van der Waals surface area contributed by atoms with Gasteiger partial charge in [0.2, 0.25) is 5.78 Å². The van der Waals surface area contributed by atoms with E-state index in [9.17, 15) is 14.7 Å². The maximum absolute atomic E-state index is 13.0. The highest BCUT2D eigenvalue weighted by molar-refractivity contribution is 6.15. The Balaban J connectivity index is 2.16. The molecular weight excluding hydrogens is 366 g/mol. The molecule has 3 rings (SSSR count). The summed E-state index contributed by atoms with van der Waals surface area (Å²) in [6.07, 6.45) is 1.35. The van der Waals surface area contributed by atoms with Crippen molar-refractivity contribution in [2.45, 2.75) is 6.04 Å². The summed E-state index contributed by atoms with van der Waals surface area (Å²) in [5.74, 6) is -0.874. The molecule has 148 valence electrons. The average molecular weight is 387 g/mol. The lowest BCUT2D eigenvalue weighted by Gasteiger charge is -2.27. The van der Waals surface area contributed by atoms with Crippen molar-refractivity contribution < 1.29 is 33.3 Å². The van der Waals surface area contributed by atoms with Crippen LogP contribution in [0.3, 0.4) is 0 Å². The molecule has 8 nitrogen and oxygen atoms in total. The normalized spacial score (nSPS) is 16.6. The highest BCUT2D eigenvalue weighted by Crippen LogP contribution is 2.43. The SMILES string of the molecule is COCCN1C(=O)C(O)=C(C(=O)c2ccco2)[C@H]1c1cc(OC)ccc1OC. The molecule has 1 aromatic carbocycles. The molecule has 0 fully saturated rings. The lowest BCUT2D eigenvalue weighted by molar-refractivity contribution is -0.130. The topological polar surface area (TPSA) is 98.4 Å². The molecule has 0 unspecified atom stereocenters. The van der Waals surface area contributed by atoms with Gasteiger partial charge in [0.25, 0.3) is 5.91 Å². The van der Waals surface area contributed by atoms with Crippen LogP contribution in [0, 0.1) is 0 Å². The maximum atomic E-state index is 13.0. The molecule has 0 bridgehead atoms. The number of furan rings is 1. The van der Waals surface area contributed by atoms with Crippen LogP contribution in [0.25, 0.3) is 0 Å². The van der Waals surface area contributed by atoms with Crippen LogP contribution in [0.5, 0.6) is 11.5 Å². The number of benzene rings is 1. The van der Waals surface area contributed by atoms with Crippen molar-refractivity contribution in [1.82, 2.24) is 4.90 Å². The molecular formula is C20H21NO7. The Hall–Kier alpha value is -3.26. The molecule has 1 aliphatic rings. The van der Waals surface area contributed by atoms with Crippen LogP contribution in [-0.4, -0.2) is 56.2 Å². The molecule has 0 saturated heterocycles. The summed E-state index contributed by atoms with van der Waals surface area (Å²) in [5, 5.41) is 10.5. The van der Waals surface area contributed by atoms with E-state index in [2.05, 4.69) is 0 Å². The van der Waals surface area contributed by atoms with Crippen molar-refractivity contribution in [2.75, 3.05) is 34.5 Å². The molecule has 1 aromatic heterocycles. The number of methoxy groups -OCH3 is 3. The van der Waals surface area contributed by atoms with Gasteiger partial charge in [-0.2, -0.15) is 0 Å². The van der Waals surface area contributed by atoms with Gasteiger partial charge in [-0.3, -0.25) is 9.59 Å². The van der Waals surface area contributed by atoms with E-state index in [0.29, 0.717) is 17.1 Å². The van der Waals surface area contributed by atoms with E-state index < -0.39 is 23.5 Å². The van der Waals surface area contributed by atoms with E-state index in [-0.39, 0.29) is 24.5 Å². The predicted octanol–water partition coefficient (Wildman–Crippen LogP) is 2.52. The lowest BCUT2D eigenvalue weighted by atomic mass is 9.94. The molecule has 0 radical (unpaired) electrons. The third-order valence-corrected chi connectivity index (χ3v) is 4.56. The first-order chi connectivity index (χ1) is 13.5. The minimum absolute atomic E-state index is 0.0230. The number of Topliss-reactive ketones (excluding diaryl/α,β-unsaturated/α-hetero) is 1. The molecule has 0 saturated carbocycles. The van der Waals surface area contributed by atoms with Gasteiger partial charge in [-0.15, -0.1) is 0 Å². The van der Waals surface area contributed by atoms with Gasteiger partial charge < -0.3 is 28.6 Å². The number of hydrogen-bond donors (Lipinski definition) is 1. The number of nitrogens with zero attached hydrogens (tertiary/aromatic N) is 1. The minimum Gasteiger partial charge on any atom is -0.503 e. The molecule has 1 N–H and O–H groups in total. The zero-order chi connectivity index (χ0) is 20.3. The summed E-state index contributed by atoms with van der Waals surface area (Å²) >= 11 is 0. The van der Waals surface area contributed by atoms with E-state index >= 15 is 0 Å². The number of rotatable bonds is 8. The fourth-order valence-corrected chi connectivity index (χ4v) is 3.22. The van der Waals surface area contributed by atoms with Crippen molar-refractivity contribution >= 4 is 11.7 Å². The van der Waals surface area contributed by atoms with Crippen molar-refractivity contribution in [2.24, 2.45) is 0 Å². The largest absolute Gasteiger partial charge is 0.503 e. The fraction of sp³-hybridized carbons (Fsp3) is 0.300. The molecule has 0 aliphatic carbocycles. The standard InChI is InChI=1S/C20H21NO7/c1-25-10-8-21-17(13-11-12(26-2)6-7-14(13)27-3)16(19(23)20(21)24)18(22)15-5-4-9-28-15/h4-7,9,11,17,23H,8,10H2,1-3H3/t17-/m1/s1. The second kappa shape index (κ2) is 8.18. The summed E-state index contributed by atoms with van der Waals surface area (Å²) in [5.41, 5.74) is 0.424. The van der Waals surface area contributed by atoms with Gasteiger partial charge in [0.15, 0.2) is 11.5 Å². The summed E-state index contributed by atoms with van der Waals surface area (Å²) in [6.45, 7) is 0.392. The minimum atomic E-state index is -0.884. The predicted molar refractivity (Wildman–Crippen MR) is 98.6 cm³/mol. The van der Waals surface area contributed by atoms with Crippen LogP contribution < -0.4 is 9.47 Å². The summed E-state index contributed by atoms with van der Waals surface area (Å²) in [6, 6.07) is 7.21. The van der Waals surface area contributed by atoms with Gasteiger partial charge in [0.05, 0.1) is 38.7 Å². The number of hydrogen-bond acceptors (Lipinski definition) is 7. The van der Waals surface area contributed by atoms with Crippen LogP contribution >= 0.6 is 0 Å². The van der Waals surface area contributed by atoms with Crippen LogP contribution in [0.15, 0.2) is 52.3 Å². The van der Waals surface area contributed by atoms with E-state index in [4.69, 9.17) is 18.6 Å². The number of carbonyl (C=O) groups excluding carboxylic acids is 2. The Morgan fingerprint density at radius 3 is 2.61 bits per heavy atom. The second-order valence-corrected chi connectivity index (χ2v) is 6.07. The summed E-state index contributed by atoms with van der Waals surface area (Å²) < 4.78 is 21.0. The van der Waals surface area contributed by atoms with Gasteiger partial charge in [0, 0.05) is 19.2 Å². The van der Waals surface area contributed by atoms with Crippen molar-refractivity contribution in [1.29, 1.82) is 0 Å². The van der Waals surface area contributed by atoms with E-state index in [1.54, 1.807) is 24.3 Å². The lowest BCUT2D eigenvalue weighted by Crippen LogP contribution is -2.34. The van der Waals surface area contributed by atoms with Gasteiger partial charge in [-0.1, -0.05) is 0 Å². The Morgan fingerprint density at radius 1 is 1.21 bits per heavy atom. The van der Waals surface area contributed by atoms with Gasteiger partial charge in [0.1, 0.15) is 11.5 Å². The molecule has 2 heterocycles. The first-order valence-corrected chi connectivity index (χ1v) is 8.56. The average Bonchev–Trinajstić information content (AvgIpc) is 3.33. The van der Waals surface area contributed by atoms with Crippen LogP contribution in [0.1, 0.15) is 22.2 Å². The van der Waals surface area contributed by atoms with Gasteiger partial charge >= 0.3 is 0 Å². The quantitative estimate of drug-likeness (QED) is 0.695. The molecule has 2 aromatic rings. The maximum Gasteiger partial charge on any atom is 0.290 e. The second-order valence-electron chi connectivity index (χ2n) is 6.07. The first kappa shape index (κ1) is 19.5. The Kier molecular flexibility index (Phi) is 5.70. The third-order valence-electron chi connectivity index (χ3n) is 4.56. The number of aliphatic hydroxyl groups excluding tert-OH is 1. The van der Waals surface area contributed by atoms with Gasteiger partial charge in [-0.05, 0) is 30.3 Å². The van der Waals surface area contributed by atoms with E-state index in [1.165, 1.54) is 38.6 Å².